The number of hydrogen-bond acceptors (Lipinski definition) is 4. The van der Waals surface area contributed by atoms with Gasteiger partial charge in [-0.15, -0.1) is 11.3 Å². The van der Waals surface area contributed by atoms with Crippen LogP contribution in [0.3, 0.4) is 0 Å². The smallest absolute Gasteiger partial charge is 0.261 e. The number of amides is 1. The Morgan fingerprint density at radius 1 is 1.48 bits per heavy atom. The van der Waals surface area contributed by atoms with Crippen molar-refractivity contribution in [3.63, 3.8) is 0 Å². The Morgan fingerprint density at radius 2 is 2.24 bits per heavy atom. The van der Waals surface area contributed by atoms with Crippen LogP contribution >= 0.6 is 11.3 Å². The maximum absolute atomic E-state index is 12.1. The van der Waals surface area contributed by atoms with Crippen LogP contribution in [0.4, 0.5) is 0 Å². The quantitative estimate of drug-likeness (QED) is 0.814. The van der Waals surface area contributed by atoms with Crippen LogP contribution in [0.5, 0.6) is 0 Å². The van der Waals surface area contributed by atoms with E-state index < -0.39 is 0 Å². The van der Waals surface area contributed by atoms with Crippen LogP contribution < -0.4 is 5.32 Å². The summed E-state index contributed by atoms with van der Waals surface area (Å²) < 4.78 is 0. The van der Waals surface area contributed by atoms with Crippen molar-refractivity contribution in [2.45, 2.75) is 32.2 Å². The number of nitrogens with zero attached hydrogens (tertiary/aromatic N) is 1. The van der Waals surface area contributed by atoms with E-state index in [2.05, 4.69) is 29.0 Å². The lowest BCUT2D eigenvalue weighted by Crippen LogP contribution is -2.40. The summed E-state index contributed by atoms with van der Waals surface area (Å²) in [5, 5.41) is 11.7. The van der Waals surface area contributed by atoms with Crippen LogP contribution in [-0.4, -0.2) is 48.2 Å². The fourth-order valence-corrected chi connectivity index (χ4v) is 3.17. The summed E-state index contributed by atoms with van der Waals surface area (Å²) in [5.74, 6) is 5.79. The van der Waals surface area contributed by atoms with Crippen LogP contribution in [0.15, 0.2) is 12.1 Å². The first-order valence-electron chi connectivity index (χ1n) is 7.42. The van der Waals surface area contributed by atoms with Gasteiger partial charge in [0.1, 0.15) is 0 Å². The highest BCUT2D eigenvalue weighted by Crippen LogP contribution is 2.16. The topological polar surface area (TPSA) is 52.6 Å². The summed E-state index contributed by atoms with van der Waals surface area (Å²) in [6.07, 6.45) is 2.99. The molecule has 1 aromatic rings. The molecule has 0 spiro atoms. The van der Waals surface area contributed by atoms with Crippen molar-refractivity contribution < 1.29 is 9.90 Å². The maximum atomic E-state index is 12.1. The number of carbonyl (C=O) groups is 1. The normalized spacial score (nSPS) is 16.3. The third-order valence-corrected chi connectivity index (χ3v) is 4.60. The molecule has 2 rings (SSSR count). The summed E-state index contributed by atoms with van der Waals surface area (Å²) >= 11 is 1.39. The molecule has 1 unspecified atom stereocenters. The molecule has 1 aromatic heterocycles. The molecule has 2 N–H and O–H groups in total. The second kappa shape index (κ2) is 8.18. The standard InChI is InChI=1S/C16H22N2O2S/c1-13(18-9-3-4-10-18)12-17-16(20)15-8-7-14(21-15)6-2-5-11-19/h7-8,13,19H,3-5,9-12H2,1H3,(H,17,20). The van der Waals surface area contributed by atoms with Crippen molar-refractivity contribution in [2.24, 2.45) is 0 Å². The van der Waals surface area contributed by atoms with Gasteiger partial charge < -0.3 is 10.4 Å². The second-order valence-corrected chi connectivity index (χ2v) is 6.33. The van der Waals surface area contributed by atoms with Crippen LogP contribution in [-0.2, 0) is 0 Å². The van der Waals surface area contributed by atoms with Crippen LogP contribution in [0, 0.1) is 11.8 Å². The van der Waals surface area contributed by atoms with E-state index in [0.29, 0.717) is 23.9 Å². The van der Waals surface area contributed by atoms with Gasteiger partial charge in [-0.25, -0.2) is 0 Å². The Kier molecular flexibility index (Phi) is 6.24. The van der Waals surface area contributed by atoms with Crippen molar-refractivity contribution in [3.05, 3.63) is 21.9 Å². The molecule has 5 heteroatoms. The Labute approximate surface area is 130 Å². The average molecular weight is 306 g/mol. The average Bonchev–Trinajstić information content (AvgIpc) is 3.16. The van der Waals surface area contributed by atoms with Gasteiger partial charge >= 0.3 is 0 Å². The van der Waals surface area contributed by atoms with E-state index in [-0.39, 0.29) is 12.5 Å². The SMILES string of the molecule is CC(CNC(=O)c1ccc(C#CCCO)s1)N1CCCC1. The van der Waals surface area contributed by atoms with Crippen molar-refractivity contribution in [3.8, 4) is 11.8 Å². The number of nitrogens with one attached hydrogen (secondary N) is 1. The van der Waals surface area contributed by atoms with Crippen molar-refractivity contribution in [1.82, 2.24) is 10.2 Å². The highest BCUT2D eigenvalue weighted by Gasteiger charge is 2.18. The van der Waals surface area contributed by atoms with Gasteiger partial charge in [-0.1, -0.05) is 11.8 Å². The molecule has 1 saturated heterocycles. The van der Waals surface area contributed by atoms with E-state index in [1.165, 1.54) is 24.2 Å². The molecule has 21 heavy (non-hydrogen) atoms. The number of likely N-dealkylation sites (tertiary alicyclic amines) is 1. The van der Waals surface area contributed by atoms with Crippen molar-refractivity contribution in [1.29, 1.82) is 0 Å². The molecule has 2 heterocycles. The fourth-order valence-electron chi connectivity index (χ4n) is 2.37. The van der Waals surface area contributed by atoms with Gasteiger partial charge in [-0.2, -0.15) is 0 Å². The molecule has 0 aromatic carbocycles. The predicted molar refractivity (Wildman–Crippen MR) is 85.5 cm³/mol. The number of carbonyl (C=O) groups excluding carboxylic acids is 1. The molecule has 0 saturated carbocycles. The third-order valence-electron chi connectivity index (χ3n) is 3.60. The molecule has 1 amide bonds. The zero-order chi connectivity index (χ0) is 15.1. The molecule has 4 nitrogen and oxygen atoms in total. The predicted octanol–water partition coefficient (Wildman–Crippen LogP) is 1.70. The lowest BCUT2D eigenvalue weighted by Gasteiger charge is -2.23. The van der Waals surface area contributed by atoms with Gasteiger partial charge in [0.15, 0.2) is 0 Å². The number of hydrogen-bond donors (Lipinski definition) is 2. The summed E-state index contributed by atoms with van der Waals surface area (Å²) in [6, 6.07) is 4.05. The molecule has 114 valence electrons. The van der Waals surface area contributed by atoms with Gasteiger partial charge in [0.25, 0.3) is 5.91 Å². The van der Waals surface area contributed by atoms with Crippen molar-refractivity contribution in [2.75, 3.05) is 26.2 Å². The first-order chi connectivity index (χ1) is 10.2. The number of rotatable bonds is 5. The minimum absolute atomic E-state index is 0.0266. The first kappa shape index (κ1) is 16.0. The third kappa shape index (κ3) is 4.85. The van der Waals surface area contributed by atoms with Crippen LogP contribution in [0.2, 0.25) is 0 Å². The molecule has 1 atom stereocenters. The number of aliphatic hydroxyl groups is 1. The molecular weight excluding hydrogens is 284 g/mol. The molecule has 1 aliphatic rings. The van der Waals surface area contributed by atoms with E-state index >= 15 is 0 Å². The van der Waals surface area contributed by atoms with Gasteiger partial charge in [-0.3, -0.25) is 9.69 Å². The zero-order valence-corrected chi connectivity index (χ0v) is 13.2. The largest absolute Gasteiger partial charge is 0.395 e. The van der Waals surface area contributed by atoms with E-state index in [4.69, 9.17) is 5.11 Å². The summed E-state index contributed by atoms with van der Waals surface area (Å²) in [4.78, 5) is 16.1. The van der Waals surface area contributed by atoms with Crippen LogP contribution in [0.1, 0.15) is 40.7 Å². The Morgan fingerprint density at radius 3 is 2.95 bits per heavy atom. The molecule has 1 fully saturated rings. The van der Waals surface area contributed by atoms with Gasteiger partial charge in [0.05, 0.1) is 16.4 Å². The summed E-state index contributed by atoms with van der Waals surface area (Å²) in [7, 11) is 0. The zero-order valence-electron chi connectivity index (χ0n) is 12.4. The number of aliphatic hydroxyl groups excluding tert-OH is 1. The maximum Gasteiger partial charge on any atom is 0.261 e. The van der Waals surface area contributed by atoms with Crippen LogP contribution in [0.25, 0.3) is 0 Å². The van der Waals surface area contributed by atoms with Gasteiger partial charge in [0.2, 0.25) is 0 Å². The lowest BCUT2D eigenvalue weighted by atomic mass is 10.3. The lowest BCUT2D eigenvalue weighted by molar-refractivity contribution is 0.0944. The molecule has 0 radical (unpaired) electrons. The van der Waals surface area contributed by atoms with E-state index in [1.54, 1.807) is 0 Å². The fraction of sp³-hybridized carbons (Fsp3) is 0.562. The molecular formula is C16H22N2O2S. The molecule has 0 bridgehead atoms. The highest BCUT2D eigenvalue weighted by molar-refractivity contribution is 7.14. The minimum Gasteiger partial charge on any atom is -0.395 e. The van der Waals surface area contributed by atoms with E-state index in [0.717, 1.165) is 18.0 Å². The molecule has 0 aliphatic carbocycles. The summed E-state index contributed by atoms with van der Waals surface area (Å²) in [5.41, 5.74) is 0. The summed E-state index contributed by atoms with van der Waals surface area (Å²) in [6.45, 7) is 5.19. The Balaban J connectivity index is 1.81. The highest BCUT2D eigenvalue weighted by atomic mass is 32.1. The van der Waals surface area contributed by atoms with Crippen molar-refractivity contribution >= 4 is 17.2 Å². The first-order valence-corrected chi connectivity index (χ1v) is 8.24. The monoisotopic (exact) mass is 306 g/mol. The van der Waals surface area contributed by atoms with Gasteiger partial charge in [-0.05, 0) is 45.0 Å². The Hall–Kier alpha value is -1.35. The Bertz CT molecular complexity index is 524. The number of thiophene rings is 1. The second-order valence-electron chi connectivity index (χ2n) is 5.24. The van der Waals surface area contributed by atoms with E-state index in [9.17, 15) is 4.79 Å². The van der Waals surface area contributed by atoms with Gasteiger partial charge in [0, 0.05) is 19.0 Å². The molecule has 1 aliphatic heterocycles. The minimum atomic E-state index is -0.0266. The van der Waals surface area contributed by atoms with E-state index in [1.807, 2.05) is 12.1 Å².